The van der Waals surface area contributed by atoms with Gasteiger partial charge in [0.25, 0.3) is 20.2 Å². The molecule has 0 aromatic heterocycles. The third-order valence-corrected chi connectivity index (χ3v) is 12.0. The van der Waals surface area contributed by atoms with Crippen molar-refractivity contribution in [1.82, 2.24) is 0 Å². The van der Waals surface area contributed by atoms with Gasteiger partial charge in [-0.1, -0.05) is 42.5 Å². The molecule has 5 aromatic carbocycles. The normalized spacial score (nSPS) is 14.7. The van der Waals surface area contributed by atoms with Gasteiger partial charge >= 0.3 is 0 Å². The highest BCUT2D eigenvalue weighted by Crippen LogP contribution is 2.37. The molecular formula is C47H50N3O7S2+. The molecule has 0 amide bonds. The van der Waals surface area contributed by atoms with Gasteiger partial charge in [-0.25, -0.2) is 4.58 Å². The summed E-state index contributed by atoms with van der Waals surface area (Å²) in [5.41, 5.74) is 11.9. The van der Waals surface area contributed by atoms with E-state index in [4.69, 9.17) is 4.74 Å². The van der Waals surface area contributed by atoms with Gasteiger partial charge in [0.1, 0.15) is 12.3 Å². The molecule has 0 aliphatic heterocycles. The van der Waals surface area contributed by atoms with E-state index >= 15 is 0 Å². The quantitative estimate of drug-likeness (QED) is 0.0696. The summed E-state index contributed by atoms with van der Waals surface area (Å²) in [6, 6.07) is 35.4. The maximum absolute atomic E-state index is 11.8. The summed E-state index contributed by atoms with van der Waals surface area (Å²) < 4.78 is 73.7. The van der Waals surface area contributed by atoms with Gasteiger partial charge in [0, 0.05) is 47.9 Å². The van der Waals surface area contributed by atoms with Crippen molar-refractivity contribution in [1.29, 1.82) is 0 Å². The number of nitrogens with one attached hydrogen (secondary N) is 1. The second kappa shape index (κ2) is 18.4. The second-order valence-electron chi connectivity index (χ2n) is 14.3. The molecule has 5 aromatic rings. The summed E-state index contributed by atoms with van der Waals surface area (Å²) in [6.07, 6.45) is 6.39. The summed E-state index contributed by atoms with van der Waals surface area (Å²) in [6.45, 7) is 13.3. The van der Waals surface area contributed by atoms with Crippen LogP contribution in [0.1, 0.15) is 55.5 Å². The Labute approximate surface area is 348 Å². The van der Waals surface area contributed by atoms with Gasteiger partial charge in [-0.3, -0.25) is 9.11 Å². The molecule has 306 valence electrons. The van der Waals surface area contributed by atoms with Gasteiger partial charge in [0.15, 0.2) is 12.3 Å². The highest BCUT2D eigenvalue weighted by Gasteiger charge is 2.21. The van der Waals surface area contributed by atoms with E-state index in [-0.39, 0.29) is 9.79 Å². The first-order chi connectivity index (χ1) is 28.2. The highest BCUT2D eigenvalue weighted by atomic mass is 32.2. The lowest BCUT2D eigenvalue weighted by atomic mass is 9.85. The number of hydrogen-bond donors (Lipinski definition) is 3. The van der Waals surface area contributed by atoms with E-state index in [1.807, 2.05) is 37.3 Å². The molecule has 0 heterocycles. The van der Waals surface area contributed by atoms with Crippen LogP contribution in [0.4, 0.5) is 17.1 Å². The van der Waals surface area contributed by atoms with E-state index in [0.29, 0.717) is 32.8 Å². The molecule has 3 N–H and O–H groups in total. The number of anilines is 3. The van der Waals surface area contributed by atoms with Gasteiger partial charge in [0.05, 0.1) is 16.4 Å². The molecule has 0 atom stereocenters. The fourth-order valence-corrected chi connectivity index (χ4v) is 8.21. The van der Waals surface area contributed by atoms with E-state index in [0.717, 1.165) is 73.1 Å². The first-order valence-electron chi connectivity index (χ1n) is 19.5. The van der Waals surface area contributed by atoms with Crippen LogP contribution >= 0.6 is 0 Å². The summed E-state index contributed by atoms with van der Waals surface area (Å²) >= 11 is 0. The van der Waals surface area contributed by atoms with Crippen molar-refractivity contribution in [2.24, 2.45) is 0 Å². The average Bonchev–Trinajstić information content (AvgIpc) is 3.21. The van der Waals surface area contributed by atoms with Crippen molar-refractivity contribution >= 4 is 48.6 Å². The van der Waals surface area contributed by atoms with Crippen molar-refractivity contribution in [2.45, 2.75) is 57.5 Å². The van der Waals surface area contributed by atoms with Crippen molar-refractivity contribution in [3.05, 3.63) is 172 Å². The lowest BCUT2D eigenvalue weighted by Gasteiger charge is -2.25. The summed E-state index contributed by atoms with van der Waals surface area (Å²) in [5.74, 6) is 0.820. The second-order valence-corrected chi connectivity index (χ2v) is 17.1. The Morgan fingerprint density at radius 2 is 1.39 bits per heavy atom. The zero-order valence-electron chi connectivity index (χ0n) is 33.9. The van der Waals surface area contributed by atoms with Gasteiger partial charge in [-0.15, -0.1) is 0 Å². The van der Waals surface area contributed by atoms with Crippen LogP contribution in [-0.4, -0.2) is 55.9 Å². The number of allylic oxidation sites excluding steroid dienone is 5. The molecule has 1 aliphatic rings. The molecular weight excluding hydrogens is 783 g/mol. The Morgan fingerprint density at radius 1 is 0.729 bits per heavy atom. The monoisotopic (exact) mass is 832 g/mol. The molecule has 6 rings (SSSR count). The predicted octanol–water partition coefficient (Wildman–Crippen LogP) is 9.65. The fraction of sp³-hybridized carbons (Fsp3) is 0.213. The van der Waals surface area contributed by atoms with Gasteiger partial charge < -0.3 is 15.0 Å². The topological polar surface area (TPSA) is 136 Å². The number of aryl methyl sites for hydroxylation is 1. The zero-order chi connectivity index (χ0) is 42.3. The minimum Gasteiger partial charge on any atom is -0.494 e. The van der Waals surface area contributed by atoms with Gasteiger partial charge in [-0.05, 0) is 152 Å². The molecule has 0 radical (unpaired) electrons. The molecule has 0 unspecified atom stereocenters. The lowest BCUT2D eigenvalue weighted by molar-refractivity contribution is -0.539. The van der Waals surface area contributed by atoms with Crippen LogP contribution in [0.25, 0.3) is 5.57 Å². The van der Waals surface area contributed by atoms with Crippen LogP contribution in [-0.2, 0) is 33.3 Å². The van der Waals surface area contributed by atoms with Crippen LogP contribution in [0.15, 0.2) is 154 Å². The van der Waals surface area contributed by atoms with E-state index in [1.54, 1.807) is 18.2 Å². The fourth-order valence-electron chi connectivity index (χ4n) is 7.18. The van der Waals surface area contributed by atoms with E-state index in [2.05, 4.69) is 103 Å². The Hall–Kier alpha value is -5.79. The average molecular weight is 833 g/mol. The van der Waals surface area contributed by atoms with Crippen molar-refractivity contribution in [3.8, 4) is 5.75 Å². The third kappa shape index (κ3) is 10.6. The third-order valence-electron chi connectivity index (χ3n) is 10.2. The minimum atomic E-state index is -4.32. The number of benzene rings is 5. The van der Waals surface area contributed by atoms with Crippen LogP contribution in [0.3, 0.4) is 0 Å². The van der Waals surface area contributed by atoms with E-state index in [9.17, 15) is 25.9 Å². The Balaban J connectivity index is 1.37. The molecule has 0 saturated carbocycles. The maximum atomic E-state index is 11.8. The van der Waals surface area contributed by atoms with E-state index < -0.39 is 20.2 Å². The summed E-state index contributed by atoms with van der Waals surface area (Å²) in [7, 11) is -8.59. The first kappa shape index (κ1) is 42.8. The molecule has 1 aliphatic carbocycles. The Bertz CT molecular complexity index is 2670. The van der Waals surface area contributed by atoms with Crippen molar-refractivity contribution < 1.29 is 35.3 Å². The zero-order valence-corrected chi connectivity index (χ0v) is 35.5. The molecule has 0 spiro atoms. The van der Waals surface area contributed by atoms with Crippen LogP contribution in [0.5, 0.6) is 5.75 Å². The largest absolute Gasteiger partial charge is 0.494 e. The molecule has 59 heavy (non-hydrogen) atoms. The van der Waals surface area contributed by atoms with E-state index in [1.165, 1.54) is 24.3 Å². The molecule has 10 nitrogen and oxygen atoms in total. The molecule has 0 bridgehead atoms. The number of hydrogen-bond acceptors (Lipinski definition) is 7. The lowest BCUT2D eigenvalue weighted by Crippen LogP contribution is -2.22. The van der Waals surface area contributed by atoms with Crippen molar-refractivity contribution in [2.75, 3.05) is 29.9 Å². The minimum absolute atomic E-state index is 0.129. The maximum Gasteiger partial charge on any atom is 0.294 e. The van der Waals surface area contributed by atoms with Crippen molar-refractivity contribution in [3.63, 3.8) is 0 Å². The Morgan fingerprint density at radius 3 is 1.97 bits per heavy atom. The predicted molar refractivity (Wildman–Crippen MR) is 236 cm³/mol. The molecule has 12 heteroatoms. The van der Waals surface area contributed by atoms with Crippen LogP contribution in [0.2, 0.25) is 0 Å². The van der Waals surface area contributed by atoms with Crippen LogP contribution in [0, 0.1) is 6.92 Å². The highest BCUT2D eigenvalue weighted by molar-refractivity contribution is 7.86. The first-order valence-corrected chi connectivity index (χ1v) is 22.4. The summed E-state index contributed by atoms with van der Waals surface area (Å²) in [4.78, 5) is 1.95. The molecule has 0 saturated heterocycles. The van der Waals surface area contributed by atoms with Gasteiger partial charge in [0.2, 0.25) is 0 Å². The van der Waals surface area contributed by atoms with Crippen LogP contribution < -0.4 is 15.0 Å². The standard InChI is InChI=1S/C47H49N3O7S2/c1-6-49(31-35-12-24-43(25-13-35)58(51,52)53)40-20-26-45(33(4)28-40)47(37-14-16-38(17-15-37)48-39-18-22-42(23-19-39)57-8-3)46-27-21-41(29-34(46)5)50(7-2)32-36-10-9-11-44(30-36)59(54,55)56/h9-30H,6-8,31-32H2,1-5H3,(H2,51,52,53,54,55,56)/p+1. The van der Waals surface area contributed by atoms with Gasteiger partial charge in [-0.2, -0.15) is 16.8 Å². The number of nitrogens with zero attached hydrogens (tertiary/aromatic N) is 2. The number of rotatable bonds is 15. The number of ether oxygens (including phenoxy) is 1. The Kier molecular flexibility index (Phi) is 13.4. The molecule has 0 fully saturated rings. The SMILES string of the molecule is CCOc1ccc(Nc2ccc(C(=C3C=CC(=[N+](CC)Cc4cccc(S(=O)(=O)O)c4)C=C3C)c3ccc(N(CC)Cc4ccc(S(=O)(=O)O)cc4)cc3C)cc2)cc1. The summed E-state index contributed by atoms with van der Waals surface area (Å²) in [5, 5.41) is 3.49. The smallest absolute Gasteiger partial charge is 0.294 e.